The highest BCUT2D eigenvalue weighted by Crippen LogP contribution is 2.18. The third-order valence-corrected chi connectivity index (χ3v) is 3.94. The second-order valence-corrected chi connectivity index (χ2v) is 5.92. The van der Waals surface area contributed by atoms with Gasteiger partial charge in [-0.25, -0.2) is 8.42 Å². The minimum atomic E-state index is -3.00. The summed E-state index contributed by atoms with van der Waals surface area (Å²) in [5.74, 6) is -0.663. The Morgan fingerprint density at radius 1 is 1.64 bits per heavy atom. The lowest BCUT2D eigenvalue weighted by Crippen LogP contribution is -2.35. The van der Waals surface area contributed by atoms with Crippen molar-refractivity contribution in [2.24, 2.45) is 5.92 Å². The van der Waals surface area contributed by atoms with E-state index in [2.05, 4.69) is 5.32 Å². The molecular formula is C8H15NO4S. The summed E-state index contributed by atoms with van der Waals surface area (Å²) in [5, 5.41) is 11.4. The van der Waals surface area contributed by atoms with E-state index in [1.807, 2.05) is 0 Å². The van der Waals surface area contributed by atoms with Crippen LogP contribution in [-0.4, -0.2) is 43.6 Å². The van der Waals surface area contributed by atoms with E-state index >= 15 is 0 Å². The maximum absolute atomic E-state index is 11.4. The van der Waals surface area contributed by atoms with Crippen LogP contribution < -0.4 is 5.32 Å². The van der Waals surface area contributed by atoms with Crippen LogP contribution in [0.5, 0.6) is 0 Å². The Labute approximate surface area is 83.4 Å². The van der Waals surface area contributed by atoms with Gasteiger partial charge in [-0.3, -0.25) is 4.79 Å². The summed E-state index contributed by atoms with van der Waals surface area (Å²) < 4.78 is 22.1. The Kier molecular flexibility index (Phi) is 3.49. The second-order valence-electron chi connectivity index (χ2n) is 3.69. The summed E-state index contributed by atoms with van der Waals surface area (Å²) in [6.07, 6.45) is -0.203. The Balaban J connectivity index is 2.40. The van der Waals surface area contributed by atoms with Gasteiger partial charge >= 0.3 is 0 Å². The van der Waals surface area contributed by atoms with Crippen LogP contribution >= 0.6 is 0 Å². The number of sulfone groups is 1. The standard InChI is InChI=1S/C8H15NO4S/c1-6(10)4-9-8(11)7-2-3-14(12,13)5-7/h6-7,10H,2-5H2,1H3,(H,9,11)/t6-,7?/m1/s1. The average molecular weight is 221 g/mol. The molecular weight excluding hydrogens is 206 g/mol. The highest BCUT2D eigenvalue weighted by molar-refractivity contribution is 7.91. The zero-order valence-corrected chi connectivity index (χ0v) is 8.88. The number of aliphatic hydroxyl groups is 1. The number of amides is 1. The van der Waals surface area contributed by atoms with Gasteiger partial charge in [-0.05, 0) is 13.3 Å². The van der Waals surface area contributed by atoms with Crippen molar-refractivity contribution in [3.8, 4) is 0 Å². The Hall–Kier alpha value is -0.620. The number of carbonyl (C=O) groups excluding carboxylic acids is 1. The Morgan fingerprint density at radius 2 is 2.29 bits per heavy atom. The molecule has 1 aliphatic heterocycles. The molecule has 0 bridgehead atoms. The topological polar surface area (TPSA) is 83.5 Å². The molecule has 0 aromatic rings. The predicted octanol–water partition coefficient (Wildman–Crippen LogP) is -1.08. The lowest BCUT2D eigenvalue weighted by molar-refractivity contribution is -0.124. The summed E-state index contributed by atoms with van der Waals surface area (Å²) in [4.78, 5) is 11.4. The number of carbonyl (C=O) groups is 1. The second kappa shape index (κ2) is 4.27. The van der Waals surface area contributed by atoms with Crippen molar-refractivity contribution in [1.82, 2.24) is 5.32 Å². The van der Waals surface area contributed by atoms with E-state index in [4.69, 9.17) is 5.11 Å². The first-order chi connectivity index (χ1) is 6.41. The molecule has 1 amide bonds. The first kappa shape index (κ1) is 11.5. The number of rotatable bonds is 3. The summed E-state index contributed by atoms with van der Waals surface area (Å²) in [6, 6.07) is 0. The van der Waals surface area contributed by atoms with Crippen molar-refractivity contribution in [3.63, 3.8) is 0 Å². The fourth-order valence-electron chi connectivity index (χ4n) is 1.39. The van der Waals surface area contributed by atoms with Gasteiger partial charge in [0, 0.05) is 6.54 Å². The van der Waals surface area contributed by atoms with Crippen molar-refractivity contribution in [1.29, 1.82) is 0 Å². The minimum Gasteiger partial charge on any atom is -0.392 e. The van der Waals surface area contributed by atoms with Crippen LogP contribution in [0.1, 0.15) is 13.3 Å². The molecule has 1 rings (SSSR count). The molecule has 0 aliphatic carbocycles. The highest BCUT2D eigenvalue weighted by atomic mass is 32.2. The molecule has 0 aromatic heterocycles. The van der Waals surface area contributed by atoms with Crippen LogP contribution in [0.2, 0.25) is 0 Å². The van der Waals surface area contributed by atoms with E-state index in [-0.39, 0.29) is 24.0 Å². The number of hydrogen-bond acceptors (Lipinski definition) is 4. The average Bonchev–Trinajstić information content (AvgIpc) is 2.41. The van der Waals surface area contributed by atoms with Gasteiger partial charge in [-0.15, -0.1) is 0 Å². The lowest BCUT2D eigenvalue weighted by Gasteiger charge is -2.10. The van der Waals surface area contributed by atoms with Crippen LogP contribution in [0.15, 0.2) is 0 Å². The van der Waals surface area contributed by atoms with Gasteiger partial charge < -0.3 is 10.4 Å². The minimum absolute atomic E-state index is 0.0569. The van der Waals surface area contributed by atoms with Crippen LogP contribution in [0.25, 0.3) is 0 Å². The van der Waals surface area contributed by atoms with Gasteiger partial charge in [0.2, 0.25) is 5.91 Å². The Morgan fingerprint density at radius 3 is 2.71 bits per heavy atom. The summed E-state index contributed by atoms with van der Waals surface area (Å²) in [7, 11) is -3.00. The molecule has 0 radical (unpaired) electrons. The van der Waals surface area contributed by atoms with E-state index in [1.54, 1.807) is 6.92 Å². The zero-order chi connectivity index (χ0) is 10.8. The molecule has 82 valence electrons. The zero-order valence-electron chi connectivity index (χ0n) is 8.06. The third-order valence-electron chi connectivity index (χ3n) is 2.17. The van der Waals surface area contributed by atoms with Gasteiger partial charge in [0.05, 0.1) is 23.5 Å². The smallest absolute Gasteiger partial charge is 0.224 e. The quantitative estimate of drug-likeness (QED) is 0.635. The fraction of sp³-hybridized carbons (Fsp3) is 0.875. The SMILES string of the molecule is C[C@@H](O)CNC(=O)C1CCS(=O)(=O)C1. The van der Waals surface area contributed by atoms with E-state index in [9.17, 15) is 13.2 Å². The first-order valence-electron chi connectivity index (χ1n) is 4.57. The van der Waals surface area contributed by atoms with Gasteiger partial charge in [0.1, 0.15) is 0 Å². The van der Waals surface area contributed by atoms with Gasteiger partial charge in [0.25, 0.3) is 0 Å². The van der Waals surface area contributed by atoms with Crippen LogP contribution in [0.3, 0.4) is 0 Å². The lowest BCUT2D eigenvalue weighted by atomic mass is 10.1. The molecule has 1 saturated heterocycles. The van der Waals surface area contributed by atoms with E-state index in [0.717, 1.165) is 0 Å². The maximum atomic E-state index is 11.4. The molecule has 1 aliphatic rings. The number of aliphatic hydroxyl groups excluding tert-OH is 1. The highest BCUT2D eigenvalue weighted by Gasteiger charge is 2.32. The molecule has 1 unspecified atom stereocenters. The van der Waals surface area contributed by atoms with Crippen molar-refractivity contribution in [2.45, 2.75) is 19.4 Å². The molecule has 6 heteroatoms. The molecule has 0 aromatic carbocycles. The molecule has 2 atom stereocenters. The summed E-state index contributed by atoms with van der Waals surface area (Å²) in [6.45, 7) is 1.74. The fourth-order valence-corrected chi connectivity index (χ4v) is 3.14. The summed E-state index contributed by atoms with van der Waals surface area (Å²) >= 11 is 0. The third kappa shape index (κ3) is 3.26. The van der Waals surface area contributed by atoms with Gasteiger partial charge in [-0.1, -0.05) is 0 Å². The van der Waals surface area contributed by atoms with Crippen molar-refractivity contribution < 1.29 is 18.3 Å². The largest absolute Gasteiger partial charge is 0.392 e. The normalized spacial score (nSPS) is 27.1. The summed E-state index contributed by atoms with van der Waals surface area (Å²) in [5.41, 5.74) is 0. The molecule has 1 fully saturated rings. The van der Waals surface area contributed by atoms with Crippen molar-refractivity contribution in [3.05, 3.63) is 0 Å². The maximum Gasteiger partial charge on any atom is 0.224 e. The van der Waals surface area contributed by atoms with Crippen LogP contribution in [-0.2, 0) is 14.6 Å². The van der Waals surface area contributed by atoms with Crippen molar-refractivity contribution in [2.75, 3.05) is 18.1 Å². The molecule has 0 spiro atoms. The Bertz CT molecular complexity index is 309. The van der Waals surface area contributed by atoms with Gasteiger partial charge in [-0.2, -0.15) is 0 Å². The monoisotopic (exact) mass is 221 g/mol. The number of nitrogens with one attached hydrogen (secondary N) is 1. The number of hydrogen-bond donors (Lipinski definition) is 2. The van der Waals surface area contributed by atoms with E-state index < -0.39 is 21.9 Å². The molecule has 2 N–H and O–H groups in total. The predicted molar refractivity (Wildman–Crippen MR) is 51.5 cm³/mol. The molecule has 5 nitrogen and oxygen atoms in total. The van der Waals surface area contributed by atoms with E-state index in [1.165, 1.54) is 0 Å². The molecule has 1 heterocycles. The van der Waals surface area contributed by atoms with Crippen molar-refractivity contribution >= 4 is 15.7 Å². The molecule has 14 heavy (non-hydrogen) atoms. The van der Waals surface area contributed by atoms with E-state index in [0.29, 0.717) is 6.42 Å². The first-order valence-corrected chi connectivity index (χ1v) is 6.39. The van der Waals surface area contributed by atoms with Gasteiger partial charge in [0.15, 0.2) is 9.84 Å². The van der Waals surface area contributed by atoms with Crippen LogP contribution in [0, 0.1) is 5.92 Å². The van der Waals surface area contributed by atoms with Crippen LogP contribution in [0.4, 0.5) is 0 Å². The molecule has 0 saturated carbocycles.